The predicted octanol–water partition coefficient (Wildman–Crippen LogP) is 0.419. The number of carbonyl (C=O) groups is 2. The lowest BCUT2D eigenvalue weighted by Crippen LogP contribution is -2.68. The number of aliphatic hydroxyl groups is 4. The molecular formula is C28H43N7O7. The maximum Gasteiger partial charge on any atom is 0.244 e. The molecule has 1 aliphatic rings. The minimum Gasteiger partial charge on any atom is -0.394 e. The summed E-state index contributed by atoms with van der Waals surface area (Å²) in [5.74, 6) is -0.961. The van der Waals surface area contributed by atoms with Gasteiger partial charge in [0.25, 0.3) is 0 Å². The Morgan fingerprint density at radius 3 is 2.60 bits per heavy atom. The Kier molecular flexibility index (Phi) is 13.8. The third-order valence-electron chi connectivity index (χ3n) is 6.97. The molecule has 0 spiro atoms. The summed E-state index contributed by atoms with van der Waals surface area (Å²) in [6.07, 6.45) is 11.6. The number of nitrogens with one attached hydrogen (secondary N) is 4. The molecule has 14 nitrogen and oxygen atoms in total. The highest BCUT2D eigenvalue weighted by molar-refractivity contribution is 5.91. The van der Waals surface area contributed by atoms with Crippen LogP contribution in [0.15, 0.2) is 37.0 Å². The maximum atomic E-state index is 12.6. The van der Waals surface area contributed by atoms with Crippen LogP contribution >= 0.6 is 0 Å². The third-order valence-corrected chi connectivity index (χ3v) is 6.97. The van der Waals surface area contributed by atoms with E-state index in [9.17, 15) is 30.0 Å². The zero-order valence-electron chi connectivity index (χ0n) is 23.9. The van der Waals surface area contributed by atoms with Gasteiger partial charge in [-0.15, -0.1) is 0 Å². The average Bonchev–Trinajstić information content (AvgIpc) is 3.48. The van der Waals surface area contributed by atoms with Crippen LogP contribution in [0.2, 0.25) is 0 Å². The molecule has 2 aromatic heterocycles. The van der Waals surface area contributed by atoms with Crippen molar-refractivity contribution in [1.29, 1.82) is 0 Å². The van der Waals surface area contributed by atoms with E-state index in [1.165, 1.54) is 57.3 Å². The molecule has 14 heteroatoms. The summed E-state index contributed by atoms with van der Waals surface area (Å²) in [7, 11) is 0. The molecule has 2 amide bonds. The quantitative estimate of drug-likeness (QED) is 0.0719. The highest BCUT2D eigenvalue weighted by atomic mass is 16.5. The monoisotopic (exact) mass is 589 g/mol. The second-order valence-corrected chi connectivity index (χ2v) is 10.2. The zero-order valence-corrected chi connectivity index (χ0v) is 23.9. The van der Waals surface area contributed by atoms with Gasteiger partial charge in [0.1, 0.15) is 36.3 Å². The number of nitrogens with zero attached hydrogens (tertiary/aromatic N) is 3. The number of allylic oxidation sites excluding steroid dienone is 3. The number of ether oxygens (including phenoxy) is 1. The molecule has 3 heterocycles. The molecule has 1 aliphatic heterocycles. The number of fused-ring (bicyclic) bond motifs is 1. The third kappa shape index (κ3) is 9.84. The first kappa shape index (κ1) is 33.1. The summed E-state index contributed by atoms with van der Waals surface area (Å²) >= 11 is 0. The van der Waals surface area contributed by atoms with Gasteiger partial charge in [-0.2, -0.15) is 0 Å². The number of anilines is 1. The van der Waals surface area contributed by atoms with Crippen LogP contribution in [-0.2, 0) is 14.3 Å². The molecule has 1 fully saturated rings. The second kappa shape index (κ2) is 17.5. The van der Waals surface area contributed by atoms with E-state index in [1.807, 2.05) is 6.08 Å². The molecule has 0 radical (unpaired) electrons. The Labute approximate surface area is 244 Å². The van der Waals surface area contributed by atoms with Crippen molar-refractivity contribution in [1.82, 2.24) is 30.6 Å². The van der Waals surface area contributed by atoms with Crippen molar-refractivity contribution in [2.75, 3.05) is 18.5 Å². The highest BCUT2D eigenvalue weighted by Crippen LogP contribution is 2.26. The second-order valence-electron chi connectivity index (χ2n) is 10.2. The summed E-state index contributed by atoms with van der Waals surface area (Å²) in [6.45, 7) is 1.04. The molecule has 0 bridgehead atoms. The molecule has 0 saturated carbocycles. The number of aliphatic hydroxyl groups excluding tert-OH is 4. The van der Waals surface area contributed by atoms with E-state index in [0.29, 0.717) is 11.2 Å². The van der Waals surface area contributed by atoms with E-state index in [4.69, 9.17) is 4.74 Å². The largest absolute Gasteiger partial charge is 0.394 e. The number of rotatable bonds is 17. The number of amides is 2. The fourth-order valence-electron chi connectivity index (χ4n) is 4.65. The van der Waals surface area contributed by atoms with Crippen molar-refractivity contribution in [3.8, 4) is 0 Å². The first-order chi connectivity index (χ1) is 20.3. The van der Waals surface area contributed by atoms with Crippen molar-refractivity contribution >= 4 is 28.8 Å². The molecule has 42 heavy (non-hydrogen) atoms. The first-order valence-electron chi connectivity index (χ1n) is 14.5. The minimum atomic E-state index is -1.61. The van der Waals surface area contributed by atoms with E-state index in [1.54, 1.807) is 12.2 Å². The number of aromatic nitrogens is 4. The number of hydrogen-bond acceptors (Lipinski definition) is 11. The van der Waals surface area contributed by atoms with Gasteiger partial charge in [0.15, 0.2) is 17.7 Å². The van der Waals surface area contributed by atoms with Crippen molar-refractivity contribution in [3.05, 3.63) is 37.0 Å². The Hall–Kier alpha value is -3.43. The Morgan fingerprint density at radius 2 is 1.83 bits per heavy atom. The van der Waals surface area contributed by atoms with E-state index >= 15 is 0 Å². The number of imidazole rings is 1. The van der Waals surface area contributed by atoms with Gasteiger partial charge in [0.2, 0.25) is 11.8 Å². The van der Waals surface area contributed by atoms with Gasteiger partial charge in [-0.1, -0.05) is 63.7 Å². The summed E-state index contributed by atoms with van der Waals surface area (Å²) in [6, 6.07) is -1.30. The van der Waals surface area contributed by atoms with Gasteiger partial charge in [-0.25, -0.2) is 15.0 Å². The molecule has 3 rings (SSSR count). The fourth-order valence-corrected chi connectivity index (χ4v) is 4.65. The number of aromatic amines is 1. The molecule has 232 valence electrons. The molecule has 6 atom stereocenters. The predicted molar refractivity (Wildman–Crippen MR) is 155 cm³/mol. The van der Waals surface area contributed by atoms with Crippen LogP contribution in [0.5, 0.6) is 0 Å². The van der Waals surface area contributed by atoms with Gasteiger partial charge in [-0.05, 0) is 12.8 Å². The fraction of sp³-hybridized carbons (Fsp3) is 0.607. The number of H-pyrrole nitrogens is 1. The van der Waals surface area contributed by atoms with Crippen LogP contribution in [0.3, 0.4) is 0 Å². The van der Waals surface area contributed by atoms with Gasteiger partial charge in [0.05, 0.1) is 25.5 Å². The van der Waals surface area contributed by atoms with E-state index in [-0.39, 0.29) is 5.82 Å². The smallest absolute Gasteiger partial charge is 0.244 e. The first-order valence-corrected chi connectivity index (χ1v) is 14.5. The van der Waals surface area contributed by atoms with Gasteiger partial charge < -0.3 is 46.1 Å². The van der Waals surface area contributed by atoms with Crippen LogP contribution in [0.25, 0.3) is 11.2 Å². The van der Waals surface area contributed by atoms with Gasteiger partial charge in [-0.3, -0.25) is 9.59 Å². The normalized spacial score (nSPS) is 23.4. The van der Waals surface area contributed by atoms with E-state index in [2.05, 4.69) is 42.8 Å². The topological polar surface area (TPSA) is 215 Å². The summed E-state index contributed by atoms with van der Waals surface area (Å²) in [4.78, 5) is 39.6. The molecule has 0 aliphatic carbocycles. The molecule has 8 N–H and O–H groups in total. The molecule has 1 saturated heterocycles. The van der Waals surface area contributed by atoms with Crippen LogP contribution in [-0.4, -0.2) is 102 Å². The van der Waals surface area contributed by atoms with E-state index in [0.717, 1.165) is 12.8 Å². The maximum absolute atomic E-state index is 12.6. The number of unbranched alkanes of at least 4 members (excludes halogenated alkanes) is 7. The average molecular weight is 590 g/mol. The summed E-state index contributed by atoms with van der Waals surface area (Å²) in [5, 5.41) is 49.2. The molecular weight excluding hydrogens is 546 g/mol. The highest BCUT2D eigenvalue weighted by Gasteiger charge is 2.48. The van der Waals surface area contributed by atoms with Crippen LogP contribution in [0, 0.1) is 0 Å². The lowest BCUT2D eigenvalue weighted by atomic mass is 9.92. The lowest BCUT2D eigenvalue weighted by Gasteiger charge is -2.44. The number of carbonyl (C=O) groups excluding carboxylic acids is 2. The van der Waals surface area contributed by atoms with Crippen LogP contribution in [0.1, 0.15) is 58.3 Å². The molecule has 0 unspecified atom stereocenters. The van der Waals surface area contributed by atoms with Crippen molar-refractivity contribution in [2.24, 2.45) is 0 Å². The zero-order chi connectivity index (χ0) is 30.3. The number of hydrogen-bond donors (Lipinski definition) is 8. The molecule has 2 aromatic rings. The molecule has 0 aromatic carbocycles. The van der Waals surface area contributed by atoms with Crippen LogP contribution in [0.4, 0.5) is 5.82 Å². The van der Waals surface area contributed by atoms with E-state index < -0.39 is 61.7 Å². The van der Waals surface area contributed by atoms with Crippen molar-refractivity contribution in [2.45, 2.75) is 95.0 Å². The summed E-state index contributed by atoms with van der Waals surface area (Å²) < 4.78 is 5.77. The minimum absolute atomic E-state index is 0.219. The van der Waals surface area contributed by atoms with Gasteiger partial charge >= 0.3 is 0 Å². The van der Waals surface area contributed by atoms with Crippen molar-refractivity contribution < 1.29 is 34.8 Å². The lowest BCUT2D eigenvalue weighted by molar-refractivity contribution is -0.204. The SMILES string of the molecule is CCCCCCCCCC=CC=CC(=O)NCC(=O)N[C@@H]1[C@@H](O)[C@@H](O)[C@@H](Nc2ncnc3nc[nH]c23)O[C@H]1[C@@H](O)CO. The Bertz CT molecular complexity index is 1170. The Morgan fingerprint density at radius 1 is 1.07 bits per heavy atom. The van der Waals surface area contributed by atoms with Crippen molar-refractivity contribution in [3.63, 3.8) is 0 Å². The summed E-state index contributed by atoms with van der Waals surface area (Å²) in [5.41, 5.74) is 0.776. The standard InChI is InChI=1S/C28H43N7O7/c1-2-3-4-5-6-7-8-9-10-11-12-13-19(38)29-14-20(39)34-21-23(40)24(41)28(42-25(21)18(37)15-36)35-27-22-26(31-16-30-22)32-17-33-27/h10-13,16-18,21,23-25,28,36-37,40-41H,2-9,14-15H2,1H3,(H,29,38)(H,34,39)(H2,30,31,32,33,35)/t18-,21+,23+,24+,25-,28-/m0/s1. The van der Waals surface area contributed by atoms with Crippen LogP contribution < -0.4 is 16.0 Å². The van der Waals surface area contributed by atoms with Gasteiger partial charge in [0, 0.05) is 6.08 Å². The Balaban J connectivity index is 1.46.